The van der Waals surface area contributed by atoms with Crippen molar-refractivity contribution in [1.29, 1.82) is 0 Å². The van der Waals surface area contributed by atoms with Gasteiger partial charge in [0.2, 0.25) is 10.0 Å². The molecule has 6 heteroatoms. The molecule has 0 saturated heterocycles. The second-order valence-corrected chi connectivity index (χ2v) is 6.78. The highest BCUT2D eigenvalue weighted by Crippen LogP contribution is 2.20. The van der Waals surface area contributed by atoms with Gasteiger partial charge in [0.15, 0.2) is 0 Å². The smallest absolute Gasteiger partial charge is 0.208 e. The summed E-state index contributed by atoms with van der Waals surface area (Å²) in [7, 11) is -3.11. The van der Waals surface area contributed by atoms with Crippen molar-refractivity contribution in [2.75, 3.05) is 19.3 Å². The van der Waals surface area contributed by atoms with Crippen molar-refractivity contribution < 1.29 is 8.42 Å². The lowest BCUT2D eigenvalue weighted by atomic mass is 10.0. The summed E-state index contributed by atoms with van der Waals surface area (Å²) in [6.07, 6.45) is 3.22. The van der Waals surface area contributed by atoms with Crippen LogP contribution in [0, 0.1) is 0 Å². The molecule has 1 aromatic rings. The van der Waals surface area contributed by atoms with Gasteiger partial charge in [-0.3, -0.25) is 0 Å². The van der Waals surface area contributed by atoms with Crippen LogP contribution in [0.1, 0.15) is 31.4 Å². The van der Waals surface area contributed by atoms with E-state index in [-0.39, 0.29) is 6.04 Å². The topological polar surface area (TPSA) is 58.2 Å². The molecule has 2 N–H and O–H groups in total. The van der Waals surface area contributed by atoms with Crippen LogP contribution in [0.2, 0.25) is 5.02 Å². The summed E-state index contributed by atoms with van der Waals surface area (Å²) < 4.78 is 24.4. The summed E-state index contributed by atoms with van der Waals surface area (Å²) in [6, 6.07) is 7.97. The normalized spacial score (nSPS) is 13.4. The van der Waals surface area contributed by atoms with Crippen LogP contribution >= 0.6 is 11.6 Å². The molecule has 0 fully saturated rings. The first-order valence-corrected chi connectivity index (χ1v) is 8.63. The molecule has 0 aliphatic carbocycles. The van der Waals surface area contributed by atoms with E-state index < -0.39 is 10.0 Å². The van der Waals surface area contributed by atoms with Crippen LogP contribution < -0.4 is 10.0 Å². The molecular formula is C13H21ClN2O2S. The Bertz CT molecular complexity index is 474. The molecule has 0 radical (unpaired) electrons. The molecule has 19 heavy (non-hydrogen) atoms. The Labute approximate surface area is 120 Å². The van der Waals surface area contributed by atoms with Gasteiger partial charge in [0.1, 0.15) is 0 Å². The molecule has 1 unspecified atom stereocenters. The van der Waals surface area contributed by atoms with E-state index >= 15 is 0 Å². The van der Waals surface area contributed by atoms with Crippen molar-refractivity contribution in [3.05, 3.63) is 34.9 Å². The first kappa shape index (κ1) is 16.4. The molecule has 0 heterocycles. The molecule has 4 nitrogen and oxygen atoms in total. The monoisotopic (exact) mass is 304 g/mol. The zero-order valence-electron chi connectivity index (χ0n) is 11.3. The number of nitrogens with one attached hydrogen (secondary N) is 2. The summed E-state index contributed by atoms with van der Waals surface area (Å²) in [6.45, 7) is 3.12. The molecule has 108 valence electrons. The van der Waals surface area contributed by atoms with Gasteiger partial charge in [-0.05, 0) is 24.1 Å². The number of hydrogen-bond acceptors (Lipinski definition) is 3. The van der Waals surface area contributed by atoms with Gasteiger partial charge in [0.05, 0.1) is 6.26 Å². The van der Waals surface area contributed by atoms with Crippen LogP contribution in [-0.2, 0) is 10.0 Å². The van der Waals surface area contributed by atoms with Crippen molar-refractivity contribution >= 4 is 21.6 Å². The first-order valence-electron chi connectivity index (χ1n) is 6.36. The largest absolute Gasteiger partial charge is 0.309 e. The highest BCUT2D eigenvalue weighted by molar-refractivity contribution is 7.88. The van der Waals surface area contributed by atoms with E-state index in [9.17, 15) is 8.42 Å². The minimum absolute atomic E-state index is 0.226. The summed E-state index contributed by atoms with van der Waals surface area (Å²) in [5, 5.41) is 4.08. The molecule has 1 rings (SSSR count). The maximum absolute atomic E-state index is 11.0. The van der Waals surface area contributed by atoms with Gasteiger partial charge in [0.25, 0.3) is 0 Å². The van der Waals surface area contributed by atoms with E-state index in [1.165, 1.54) is 5.56 Å². The summed E-state index contributed by atoms with van der Waals surface area (Å²) in [5.41, 5.74) is 1.17. The molecule has 0 spiro atoms. The van der Waals surface area contributed by atoms with Gasteiger partial charge in [-0.2, -0.15) is 0 Å². The predicted molar refractivity (Wildman–Crippen MR) is 80.0 cm³/mol. The highest BCUT2D eigenvalue weighted by Gasteiger charge is 2.09. The van der Waals surface area contributed by atoms with Gasteiger partial charge >= 0.3 is 0 Å². The highest BCUT2D eigenvalue weighted by atomic mass is 35.5. The second kappa shape index (κ2) is 7.85. The second-order valence-electron chi connectivity index (χ2n) is 4.51. The summed E-state index contributed by atoms with van der Waals surface area (Å²) in [5.74, 6) is 0. The Balaban J connectivity index is 2.51. The number of hydrogen-bond donors (Lipinski definition) is 2. The fraction of sp³-hybridized carbons (Fsp3) is 0.538. The van der Waals surface area contributed by atoms with Crippen LogP contribution in [0.4, 0.5) is 0 Å². The van der Waals surface area contributed by atoms with Gasteiger partial charge in [0, 0.05) is 24.2 Å². The molecular weight excluding hydrogens is 284 g/mol. The van der Waals surface area contributed by atoms with Crippen LogP contribution in [-0.4, -0.2) is 27.8 Å². The van der Waals surface area contributed by atoms with Crippen molar-refractivity contribution in [1.82, 2.24) is 10.0 Å². The fourth-order valence-corrected chi connectivity index (χ4v) is 2.45. The molecule has 0 aliphatic heterocycles. The third kappa shape index (κ3) is 6.92. The van der Waals surface area contributed by atoms with Gasteiger partial charge in [-0.15, -0.1) is 0 Å². The Kier molecular flexibility index (Phi) is 6.79. The summed E-state index contributed by atoms with van der Waals surface area (Å²) in [4.78, 5) is 0. The van der Waals surface area contributed by atoms with E-state index in [1.54, 1.807) is 0 Å². The van der Waals surface area contributed by atoms with Gasteiger partial charge in [-0.25, -0.2) is 13.1 Å². The maximum Gasteiger partial charge on any atom is 0.208 e. The average molecular weight is 305 g/mol. The van der Waals surface area contributed by atoms with Gasteiger partial charge < -0.3 is 5.32 Å². The van der Waals surface area contributed by atoms with E-state index in [2.05, 4.69) is 17.0 Å². The van der Waals surface area contributed by atoms with E-state index in [1.807, 2.05) is 24.3 Å². The predicted octanol–water partition coefficient (Wildman–Crippen LogP) is 2.32. The Morgan fingerprint density at radius 3 is 2.37 bits per heavy atom. The number of benzene rings is 1. The minimum Gasteiger partial charge on any atom is -0.309 e. The quantitative estimate of drug-likeness (QED) is 0.725. The third-order valence-electron chi connectivity index (χ3n) is 2.73. The van der Waals surface area contributed by atoms with Crippen molar-refractivity contribution in [3.63, 3.8) is 0 Å². The van der Waals surface area contributed by atoms with E-state index in [0.717, 1.165) is 24.1 Å². The number of halogens is 1. The van der Waals surface area contributed by atoms with Crippen LogP contribution in [0.5, 0.6) is 0 Å². The molecule has 1 aromatic carbocycles. The lowest BCUT2D eigenvalue weighted by Crippen LogP contribution is -2.33. The standard InChI is InChI=1S/C13H21ClN2O2S/c1-3-4-13(11-5-7-12(14)8-6-11)15-9-10-16-19(2,17)18/h5-8,13,15-16H,3-4,9-10H2,1-2H3. The van der Waals surface area contributed by atoms with Crippen molar-refractivity contribution in [2.24, 2.45) is 0 Å². The molecule has 0 saturated carbocycles. The van der Waals surface area contributed by atoms with Crippen LogP contribution in [0.3, 0.4) is 0 Å². The first-order chi connectivity index (χ1) is 8.92. The van der Waals surface area contributed by atoms with E-state index in [4.69, 9.17) is 11.6 Å². The van der Waals surface area contributed by atoms with Crippen LogP contribution in [0.15, 0.2) is 24.3 Å². The van der Waals surface area contributed by atoms with Crippen molar-refractivity contribution in [3.8, 4) is 0 Å². The summed E-state index contributed by atoms with van der Waals surface area (Å²) >= 11 is 5.87. The van der Waals surface area contributed by atoms with Crippen molar-refractivity contribution in [2.45, 2.75) is 25.8 Å². The molecule has 0 aliphatic rings. The zero-order chi connectivity index (χ0) is 14.3. The number of rotatable bonds is 8. The molecule has 0 bridgehead atoms. The minimum atomic E-state index is -3.11. The molecule has 1 atom stereocenters. The Morgan fingerprint density at radius 1 is 1.21 bits per heavy atom. The average Bonchev–Trinajstić information content (AvgIpc) is 2.33. The van der Waals surface area contributed by atoms with E-state index in [0.29, 0.717) is 13.1 Å². The SMILES string of the molecule is CCCC(NCCNS(C)(=O)=O)c1ccc(Cl)cc1. The third-order valence-corrected chi connectivity index (χ3v) is 3.71. The Morgan fingerprint density at radius 2 is 1.84 bits per heavy atom. The lowest BCUT2D eigenvalue weighted by molar-refractivity contribution is 0.494. The molecule has 0 amide bonds. The number of sulfonamides is 1. The zero-order valence-corrected chi connectivity index (χ0v) is 12.9. The maximum atomic E-state index is 11.0. The van der Waals surface area contributed by atoms with Crippen LogP contribution in [0.25, 0.3) is 0 Å². The lowest BCUT2D eigenvalue weighted by Gasteiger charge is -2.18. The fourth-order valence-electron chi connectivity index (χ4n) is 1.85. The molecule has 0 aromatic heterocycles. The van der Waals surface area contributed by atoms with Gasteiger partial charge in [-0.1, -0.05) is 37.1 Å². The Hall–Kier alpha value is -0.620.